The van der Waals surface area contributed by atoms with Crippen LogP contribution in [0.3, 0.4) is 0 Å². The summed E-state index contributed by atoms with van der Waals surface area (Å²) in [5.74, 6) is -1.18. The van der Waals surface area contributed by atoms with Crippen LogP contribution in [0.15, 0.2) is 47.0 Å². The first-order chi connectivity index (χ1) is 12.9. The monoisotopic (exact) mass is 392 g/mol. The number of hydrogen-bond acceptors (Lipinski definition) is 5. The lowest BCUT2D eigenvalue weighted by molar-refractivity contribution is -0.148. The predicted octanol–water partition coefficient (Wildman–Crippen LogP) is 4.91. The molecule has 0 saturated carbocycles. The second-order valence-electron chi connectivity index (χ2n) is 5.82. The Balaban J connectivity index is 1.56. The van der Waals surface area contributed by atoms with Crippen molar-refractivity contribution in [2.75, 3.05) is 0 Å². The van der Waals surface area contributed by atoms with Crippen molar-refractivity contribution in [3.8, 4) is 11.4 Å². The molecule has 1 unspecified atom stereocenters. The Morgan fingerprint density at radius 3 is 2.70 bits per heavy atom. The van der Waals surface area contributed by atoms with Crippen LogP contribution in [0.4, 0.5) is 8.78 Å². The first-order valence-electron chi connectivity index (χ1n) is 8.15. The van der Waals surface area contributed by atoms with Crippen LogP contribution in [0.1, 0.15) is 30.9 Å². The molecule has 1 heterocycles. The van der Waals surface area contributed by atoms with E-state index in [-0.39, 0.29) is 24.3 Å². The number of carbonyl (C=O) groups excluding carboxylic acids is 1. The Kier molecular flexibility index (Phi) is 5.81. The van der Waals surface area contributed by atoms with E-state index >= 15 is 0 Å². The highest BCUT2D eigenvalue weighted by Crippen LogP contribution is 2.22. The fourth-order valence-corrected chi connectivity index (χ4v) is 2.55. The predicted molar refractivity (Wildman–Crippen MR) is 93.9 cm³/mol. The second-order valence-corrected chi connectivity index (χ2v) is 6.25. The van der Waals surface area contributed by atoms with Crippen molar-refractivity contribution in [1.82, 2.24) is 10.1 Å². The highest BCUT2D eigenvalue weighted by molar-refractivity contribution is 6.30. The maximum absolute atomic E-state index is 13.7. The van der Waals surface area contributed by atoms with Crippen LogP contribution < -0.4 is 0 Å². The minimum atomic E-state index is -0.916. The van der Waals surface area contributed by atoms with E-state index < -0.39 is 23.7 Å². The average molecular weight is 393 g/mol. The standard InChI is InChI=1S/C19H15ClF2N2O3/c1-11(15-10-14(21)6-7-16(15)22)26-18(25)9-8-17-23-19(24-27-17)12-2-4-13(20)5-3-12/h2-7,10-11H,8-9H2,1H3. The van der Waals surface area contributed by atoms with Crippen LogP contribution in [-0.2, 0) is 16.0 Å². The number of rotatable bonds is 6. The van der Waals surface area contributed by atoms with Gasteiger partial charge in [0.15, 0.2) is 0 Å². The van der Waals surface area contributed by atoms with E-state index in [0.717, 1.165) is 23.8 Å². The van der Waals surface area contributed by atoms with Crippen LogP contribution in [0.25, 0.3) is 11.4 Å². The minimum Gasteiger partial charge on any atom is -0.458 e. The molecule has 3 aromatic rings. The average Bonchev–Trinajstić information content (AvgIpc) is 3.11. The molecule has 0 aliphatic carbocycles. The van der Waals surface area contributed by atoms with Gasteiger partial charge in [0.1, 0.15) is 17.7 Å². The quantitative estimate of drug-likeness (QED) is 0.558. The van der Waals surface area contributed by atoms with Gasteiger partial charge in [-0.2, -0.15) is 4.98 Å². The molecule has 0 spiro atoms. The third-order valence-corrected chi connectivity index (χ3v) is 4.07. The molecule has 0 aliphatic heterocycles. The van der Waals surface area contributed by atoms with Crippen molar-refractivity contribution in [3.63, 3.8) is 0 Å². The fraction of sp³-hybridized carbons (Fsp3) is 0.211. The molecule has 1 atom stereocenters. The number of halogens is 3. The number of nitrogens with zero attached hydrogens (tertiary/aromatic N) is 2. The molecule has 0 fully saturated rings. The molecule has 5 nitrogen and oxygen atoms in total. The van der Waals surface area contributed by atoms with Crippen LogP contribution >= 0.6 is 11.6 Å². The molecular formula is C19H15ClF2N2O3. The Hall–Kier alpha value is -2.80. The van der Waals surface area contributed by atoms with Crippen molar-refractivity contribution in [2.45, 2.75) is 25.9 Å². The fourth-order valence-electron chi connectivity index (χ4n) is 2.43. The highest BCUT2D eigenvalue weighted by atomic mass is 35.5. The van der Waals surface area contributed by atoms with Crippen molar-refractivity contribution in [2.24, 2.45) is 0 Å². The third kappa shape index (κ3) is 4.89. The summed E-state index contributed by atoms with van der Waals surface area (Å²) in [6.45, 7) is 1.47. The van der Waals surface area contributed by atoms with Gasteiger partial charge in [-0.1, -0.05) is 16.8 Å². The highest BCUT2D eigenvalue weighted by Gasteiger charge is 2.18. The third-order valence-electron chi connectivity index (χ3n) is 3.82. The summed E-state index contributed by atoms with van der Waals surface area (Å²) in [5.41, 5.74) is 0.707. The van der Waals surface area contributed by atoms with Crippen LogP contribution in [0.2, 0.25) is 5.02 Å². The summed E-state index contributed by atoms with van der Waals surface area (Å²) in [6, 6.07) is 9.91. The summed E-state index contributed by atoms with van der Waals surface area (Å²) in [7, 11) is 0. The lowest BCUT2D eigenvalue weighted by Gasteiger charge is -2.14. The number of benzene rings is 2. The molecule has 1 aromatic heterocycles. The van der Waals surface area contributed by atoms with Crippen molar-refractivity contribution < 1.29 is 22.8 Å². The SMILES string of the molecule is CC(OC(=O)CCc1nc(-c2ccc(Cl)cc2)no1)c1cc(F)ccc1F. The molecule has 3 rings (SSSR count). The molecule has 0 bridgehead atoms. The van der Waals surface area contributed by atoms with Crippen molar-refractivity contribution >= 4 is 17.6 Å². The minimum absolute atomic E-state index is 0.0221. The lowest BCUT2D eigenvalue weighted by atomic mass is 10.1. The Morgan fingerprint density at radius 2 is 1.96 bits per heavy atom. The molecule has 27 heavy (non-hydrogen) atoms. The molecule has 0 N–H and O–H groups in total. The molecular weight excluding hydrogens is 378 g/mol. The van der Waals surface area contributed by atoms with Gasteiger partial charge in [0, 0.05) is 22.6 Å². The van der Waals surface area contributed by atoms with Gasteiger partial charge in [-0.3, -0.25) is 4.79 Å². The maximum atomic E-state index is 13.7. The first-order valence-corrected chi connectivity index (χ1v) is 8.53. The molecule has 0 aliphatic rings. The summed E-state index contributed by atoms with van der Waals surface area (Å²) in [6.07, 6.45) is -0.790. The normalized spacial score (nSPS) is 12.0. The maximum Gasteiger partial charge on any atom is 0.306 e. The smallest absolute Gasteiger partial charge is 0.306 e. The zero-order valence-electron chi connectivity index (χ0n) is 14.3. The van der Waals surface area contributed by atoms with Crippen LogP contribution in [0, 0.1) is 11.6 Å². The molecule has 140 valence electrons. The Labute approximate surface area is 158 Å². The van der Waals surface area contributed by atoms with Gasteiger partial charge in [0.2, 0.25) is 11.7 Å². The van der Waals surface area contributed by atoms with E-state index in [9.17, 15) is 13.6 Å². The van der Waals surface area contributed by atoms with E-state index in [2.05, 4.69) is 10.1 Å². The van der Waals surface area contributed by atoms with Gasteiger partial charge in [0.05, 0.1) is 6.42 Å². The van der Waals surface area contributed by atoms with E-state index in [4.69, 9.17) is 20.9 Å². The number of carbonyl (C=O) groups is 1. The zero-order valence-corrected chi connectivity index (χ0v) is 15.0. The lowest BCUT2D eigenvalue weighted by Crippen LogP contribution is -2.11. The number of aryl methyl sites for hydroxylation is 1. The van der Waals surface area contributed by atoms with Gasteiger partial charge >= 0.3 is 5.97 Å². The van der Waals surface area contributed by atoms with Gasteiger partial charge in [-0.05, 0) is 49.4 Å². The summed E-state index contributed by atoms with van der Waals surface area (Å²) in [5, 5.41) is 4.44. The van der Waals surface area contributed by atoms with Gasteiger partial charge in [0.25, 0.3) is 0 Å². The van der Waals surface area contributed by atoms with Crippen LogP contribution in [-0.4, -0.2) is 16.1 Å². The number of esters is 1. The van der Waals surface area contributed by atoms with Gasteiger partial charge in [-0.15, -0.1) is 0 Å². The number of ether oxygens (including phenoxy) is 1. The largest absolute Gasteiger partial charge is 0.458 e. The number of hydrogen-bond donors (Lipinski definition) is 0. The molecule has 2 aromatic carbocycles. The molecule has 8 heteroatoms. The number of aromatic nitrogens is 2. The topological polar surface area (TPSA) is 65.2 Å². The second kappa shape index (κ2) is 8.26. The van der Waals surface area contributed by atoms with Gasteiger partial charge < -0.3 is 9.26 Å². The van der Waals surface area contributed by atoms with Crippen molar-refractivity contribution in [3.05, 3.63) is 70.6 Å². The zero-order chi connectivity index (χ0) is 19.4. The summed E-state index contributed by atoms with van der Waals surface area (Å²) >= 11 is 5.83. The molecule has 0 radical (unpaired) electrons. The van der Waals surface area contributed by atoms with Gasteiger partial charge in [-0.25, -0.2) is 8.78 Å². The summed E-state index contributed by atoms with van der Waals surface area (Å²) in [4.78, 5) is 16.2. The van der Waals surface area contributed by atoms with E-state index in [1.807, 2.05) is 0 Å². The van der Waals surface area contributed by atoms with E-state index in [1.165, 1.54) is 6.92 Å². The summed E-state index contributed by atoms with van der Waals surface area (Å²) < 4.78 is 37.2. The van der Waals surface area contributed by atoms with E-state index in [1.54, 1.807) is 24.3 Å². The van der Waals surface area contributed by atoms with E-state index in [0.29, 0.717) is 10.8 Å². The first kappa shape index (κ1) is 19.0. The van der Waals surface area contributed by atoms with Crippen LogP contribution in [0.5, 0.6) is 0 Å². The van der Waals surface area contributed by atoms with Crippen molar-refractivity contribution in [1.29, 1.82) is 0 Å². The molecule has 0 saturated heterocycles. The Morgan fingerprint density at radius 1 is 1.22 bits per heavy atom. The molecule has 0 amide bonds. The Bertz CT molecular complexity index is 944.